The molecule has 4 rings (SSSR count). The van der Waals surface area contributed by atoms with Crippen molar-refractivity contribution in [3.8, 4) is 11.5 Å². The normalized spacial score (nSPS) is 18.1. The van der Waals surface area contributed by atoms with Gasteiger partial charge in [-0.1, -0.05) is 36.4 Å². The first kappa shape index (κ1) is 16.2. The molecule has 2 aliphatic rings. The Kier molecular flexibility index (Phi) is 4.45. The van der Waals surface area contributed by atoms with Gasteiger partial charge in [0.2, 0.25) is 5.91 Å². The zero-order valence-corrected chi connectivity index (χ0v) is 14.6. The molecule has 4 heteroatoms. The van der Waals surface area contributed by atoms with Crippen LogP contribution in [0.25, 0.3) is 0 Å². The Labute approximate surface area is 148 Å². The predicted octanol–water partition coefficient (Wildman–Crippen LogP) is 3.52. The van der Waals surface area contributed by atoms with Crippen molar-refractivity contribution in [1.82, 2.24) is 10.2 Å². The topological polar surface area (TPSA) is 41.6 Å². The smallest absolute Gasteiger partial charge is 0.232 e. The second kappa shape index (κ2) is 6.89. The number of carbonyl (C=O) groups is 1. The summed E-state index contributed by atoms with van der Waals surface area (Å²) in [6, 6.07) is 16.0. The second-order valence-corrected chi connectivity index (χ2v) is 6.95. The first-order chi connectivity index (χ1) is 12.2. The van der Waals surface area contributed by atoms with Gasteiger partial charge in [-0.2, -0.15) is 0 Å². The third-order valence-electron chi connectivity index (χ3n) is 5.28. The number of para-hydroxylation sites is 2. The number of fused-ring (bicyclic) bond motifs is 2. The van der Waals surface area contributed by atoms with Crippen molar-refractivity contribution in [1.29, 1.82) is 0 Å². The van der Waals surface area contributed by atoms with Crippen molar-refractivity contribution in [2.45, 2.75) is 31.7 Å². The maximum Gasteiger partial charge on any atom is 0.232 e. The van der Waals surface area contributed by atoms with Gasteiger partial charge in [-0.15, -0.1) is 0 Å². The molecule has 0 saturated carbocycles. The van der Waals surface area contributed by atoms with Gasteiger partial charge in [0.15, 0.2) is 0 Å². The molecule has 130 valence electrons. The van der Waals surface area contributed by atoms with E-state index >= 15 is 0 Å². The zero-order chi connectivity index (χ0) is 17.2. The molecule has 2 aromatic rings. The summed E-state index contributed by atoms with van der Waals surface area (Å²) in [5, 5.41) is 3.17. The number of hydrogen-bond acceptors (Lipinski definition) is 3. The summed E-state index contributed by atoms with van der Waals surface area (Å²) in [5.74, 6) is 1.28. The van der Waals surface area contributed by atoms with E-state index in [-0.39, 0.29) is 11.8 Å². The summed E-state index contributed by atoms with van der Waals surface area (Å²) in [7, 11) is 0. The Morgan fingerprint density at radius 3 is 2.24 bits per heavy atom. The molecular formula is C21H24N2O2. The van der Waals surface area contributed by atoms with E-state index in [0.29, 0.717) is 12.6 Å². The Morgan fingerprint density at radius 2 is 1.64 bits per heavy atom. The van der Waals surface area contributed by atoms with Crippen molar-refractivity contribution in [3.63, 3.8) is 0 Å². The van der Waals surface area contributed by atoms with E-state index in [1.54, 1.807) is 0 Å². The van der Waals surface area contributed by atoms with Crippen molar-refractivity contribution >= 4 is 5.91 Å². The van der Waals surface area contributed by atoms with E-state index in [0.717, 1.165) is 35.7 Å². The average molecular weight is 336 g/mol. The number of carbonyl (C=O) groups excluding carboxylic acids is 1. The monoisotopic (exact) mass is 336 g/mol. The van der Waals surface area contributed by atoms with Crippen molar-refractivity contribution in [2.75, 3.05) is 19.6 Å². The summed E-state index contributed by atoms with van der Waals surface area (Å²) in [6.45, 7) is 5.15. The summed E-state index contributed by atoms with van der Waals surface area (Å²) < 4.78 is 5.98. The Balaban J connectivity index is 1.55. The molecule has 2 aromatic carbocycles. The van der Waals surface area contributed by atoms with Gasteiger partial charge < -0.3 is 10.1 Å². The first-order valence-electron chi connectivity index (χ1n) is 9.11. The fourth-order valence-corrected chi connectivity index (χ4v) is 3.85. The van der Waals surface area contributed by atoms with Gasteiger partial charge in [0.25, 0.3) is 0 Å². The molecule has 0 aliphatic carbocycles. The van der Waals surface area contributed by atoms with Crippen LogP contribution in [0.2, 0.25) is 0 Å². The fourth-order valence-electron chi connectivity index (χ4n) is 3.85. The second-order valence-electron chi connectivity index (χ2n) is 6.95. The molecule has 1 atom stereocenters. The lowest BCUT2D eigenvalue weighted by Gasteiger charge is -2.29. The third kappa shape index (κ3) is 3.14. The van der Waals surface area contributed by atoms with E-state index in [1.165, 1.54) is 12.8 Å². The summed E-state index contributed by atoms with van der Waals surface area (Å²) >= 11 is 0. The lowest BCUT2D eigenvalue weighted by molar-refractivity contribution is -0.122. The number of ether oxygens (including phenoxy) is 1. The molecule has 1 N–H and O–H groups in total. The first-order valence-corrected chi connectivity index (χ1v) is 9.11. The van der Waals surface area contributed by atoms with Gasteiger partial charge in [0.1, 0.15) is 11.5 Å². The van der Waals surface area contributed by atoms with Gasteiger partial charge >= 0.3 is 0 Å². The van der Waals surface area contributed by atoms with Crippen LogP contribution in [0, 0.1) is 0 Å². The number of nitrogens with one attached hydrogen (secondary N) is 1. The number of nitrogens with zero attached hydrogens (tertiary/aromatic N) is 1. The van der Waals surface area contributed by atoms with E-state index in [2.05, 4.69) is 17.1 Å². The molecule has 1 fully saturated rings. The molecule has 4 nitrogen and oxygen atoms in total. The number of rotatable bonds is 4. The van der Waals surface area contributed by atoms with Gasteiger partial charge in [-0.3, -0.25) is 9.69 Å². The lowest BCUT2D eigenvalue weighted by Crippen LogP contribution is -2.42. The van der Waals surface area contributed by atoms with Crippen LogP contribution in [0.15, 0.2) is 48.5 Å². The van der Waals surface area contributed by atoms with E-state index in [1.807, 2.05) is 48.5 Å². The summed E-state index contributed by atoms with van der Waals surface area (Å²) in [4.78, 5) is 15.5. The zero-order valence-electron chi connectivity index (χ0n) is 14.6. The van der Waals surface area contributed by atoms with Crippen LogP contribution in [0.5, 0.6) is 11.5 Å². The van der Waals surface area contributed by atoms with Crippen LogP contribution < -0.4 is 10.1 Å². The van der Waals surface area contributed by atoms with Crippen molar-refractivity contribution < 1.29 is 9.53 Å². The van der Waals surface area contributed by atoms with Gasteiger partial charge in [-0.05, 0) is 45.0 Å². The highest BCUT2D eigenvalue weighted by molar-refractivity contribution is 5.89. The molecule has 2 heterocycles. The predicted molar refractivity (Wildman–Crippen MR) is 98.1 cm³/mol. The minimum absolute atomic E-state index is 0.0502. The Morgan fingerprint density at radius 1 is 1.08 bits per heavy atom. The maximum atomic E-state index is 13.1. The molecule has 0 spiro atoms. The highest BCUT2D eigenvalue weighted by Gasteiger charge is 2.32. The van der Waals surface area contributed by atoms with Crippen LogP contribution in [0.1, 0.15) is 36.8 Å². The number of likely N-dealkylation sites (tertiary alicyclic amines) is 1. The van der Waals surface area contributed by atoms with Gasteiger partial charge in [-0.25, -0.2) is 0 Å². The number of hydrogen-bond donors (Lipinski definition) is 1. The molecule has 0 bridgehead atoms. The molecule has 0 unspecified atom stereocenters. The molecule has 1 saturated heterocycles. The van der Waals surface area contributed by atoms with E-state index in [9.17, 15) is 4.79 Å². The van der Waals surface area contributed by atoms with Gasteiger partial charge in [0, 0.05) is 23.7 Å². The molecule has 0 aromatic heterocycles. The third-order valence-corrected chi connectivity index (χ3v) is 5.28. The number of amides is 1. The Hall–Kier alpha value is -2.33. The molecule has 1 amide bonds. The minimum Gasteiger partial charge on any atom is -0.457 e. The standard InChI is InChI=1S/C21H24N2O2/c1-15(23-12-6-7-13-23)14-22-21(24)20-16-8-2-4-10-18(16)25-19-11-5-3-9-17(19)20/h2-5,8-11,15,20H,6-7,12-14H2,1H3,(H,22,24)/t15-/m1/s1. The SMILES string of the molecule is C[C@H](CNC(=O)C1c2ccccc2Oc2ccccc21)N1CCCC1. The molecular weight excluding hydrogens is 312 g/mol. The summed E-state index contributed by atoms with van der Waals surface area (Å²) in [6.07, 6.45) is 2.53. The van der Waals surface area contributed by atoms with Crippen LogP contribution in [-0.4, -0.2) is 36.5 Å². The molecule has 2 aliphatic heterocycles. The largest absolute Gasteiger partial charge is 0.457 e. The Bertz CT molecular complexity index is 722. The molecule has 0 radical (unpaired) electrons. The summed E-state index contributed by atoms with van der Waals surface area (Å²) in [5.41, 5.74) is 1.88. The number of benzene rings is 2. The highest BCUT2D eigenvalue weighted by atomic mass is 16.5. The van der Waals surface area contributed by atoms with Gasteiger partial charge in [0.05, 0.1) is 5.92 Å². The van der Waals surface area contributed by atoms with Crippen molar-refractivity contribution in [2.24, 2.45) is 0 Å². The fraction of sp³-hybridized carbons (Fsp3) is 0.381. The van der Waals surface area contributed by atoms with Crippen LogP contribution in [-0.2, 0) is 4.79 Å². The lowest BCUT2D eigenvalue weighted by atomic mass is 9.87. The van der Waals surface area contributed by atoms with Crippen molar-refractivity contribution in [3.05, 3.63) is 59.7 Å². The van der Waals surface area contributed by atoms with Crippen LogP contribution in [0.4, 0.5) is 0 Å². The average Bonchev–Trinajstić information content (AvgIpc) is 3.18. The quantitative estimate of drug-likeness (QED) is 0.929. The minimum atomic E-state index is -0.313. The van der Waals surface area contributed by atoms with Crippen LogP contribution >= 0.6 is 0 Å². The van der Waals surface area contributed by atoms with Crippen LogP contribution in [0.3, 0.4) is 0 Å². The molecule has 25 heavy (non-hydrogen) atoms. The van der Waals surface area contributed by atoms with E-state index in [4.69, 9.17) is 4.74 Å². The maximum absolute atomic E-state index is 13.1. The highest BCUT2D eigenvalue weighted by Crippen LogP contribution is 2.43. The van der Waals surface area contributed by atoms with E-state index < -0.39 is 0 Å².